The molecule has 0 aromatic carbocycles. The number of hydrogen-bond donors (Lipinski definition) is 1. The third-order valence-electron chi connectivity index (χ3n) is 3.79. The summed E-state index contributed by atoms with van der Waals surface area (Å²) in [4.78, 5) is 0. The lowest BCUT2D eigenvalue weighted by molar-refractivity contribution is 0.268. The van der Waals surface area contributed by atoms with Crippen LogP contribution in [0, 0.1) is 11.8 Å². The third-order valence-corrected chi connectivity index (χ3v) is 5.84. The molecule has 0 unspecified atom stereocenters. The van der Waals surface area contributed by atoms with Crippen LogP contribution in [0.15, 0.2) is 0 Å². The molecule has 0 aromatic heterocycles. The molecule has 17 heavy (non-hydrogen) atoms. The van der Waals surface area contributed by atoms with Gasteiger partial charge in [-0.3, -0.25) is 0 Å². The second kappa shape index (κ2) is 5.67. The highest BCUT2D eigenvalue weighted by atomic mass is 32.2. The Kier molecular flexibility index (Phi) is 4.44. The SMILES string of the molecule is CCNCC1CCN(S(=O)(=O)CC2CC2)CC1. The fourth-order valence-corrected chi connectivity index (χ4v) is 4.33. The summed E-state index contributed by atoms with van der Waals surface area (Å²) in [6, 6.07) is 0. The highest BCUT2D eigenvalue weighted by molar-refractivity contribution is 7.89. The van der Waals surface area contributed by atoms with Crippen LogP contribution < -0.4 is 5.32 Å². The standard InChI is InChI=1S/C12H24N2O2S/c1-2-13-9-11-5-7-14(8-6-11)17(15,16)10-12-3-4-12/h11-13H,2-10H2,1H3. The van der Waals surface area contributed by atoms with Gasteiger partial charge in [-0.2, -0.15) is 0 Å². The van der Waals surface area contributed by atoms with Crippen molar-refractivity contribution >= 4 is 10.0 Å². The van der Waals surface area contributed by atoms with E-state index in [1.807, 2.05) is 0 Å². The molecule has 1 heterocycles. The Hall–Kier alpha value is -0.130. The molecule has 1 aliphatic heterocycles. The van der Waals surface area contributed by atoms with Crippen molar-refractivity contribution in [3.05, 3.63) is 0 Å². The van der Waals surface area contributed by atoms with Crippen molar-refractivity contribution in [2.45, 2.75) is 32.6 Å². The minimum absolute atomic E-state index is 0.394. The number of nitrogens with zero attached hydrogens (tertiary/aromatic N) is 1. The summed E-state index contributed by atoms with van der Waals surface area (Å²) in [6.45, 7) is 5.60. The van der Waals surface area contributed by atoms with Crippen LogP contribution in [0.5, 0.6) is 0 Å². The maximum atomic E-state index is 12.1. The Balaban J connectivity index is 1.77. The Labute approximate surface area is 105 Å². The van der Waals surface area contributed by atoms with E-state index in [0.29, 0.717) is 17.6 Å². The highest BCUT2D eigenvalue weighted by Crippen LogP contribution is 2.32. The van der Waals surface area contributed by atoms with Crippen molar-refractivity contribution in [1.29, 1.82) is 0 Å². The number of hydrogen-bond acceptors (Lipinski definition) is 3. The van der Waals surface area contributed by atoms with Crippen molar-refractivity contribution in [3.63, 3.8) is 0 Å². The summed E-state index contributed by atoms with van der Waals surface area (Å²) >= 11 is 0. The first-order valence-electron chi connectivity index (χ1n) is 6.80. The molecule has 0 aromatic rings. The van der Waals surface area contributed by atoms with Gasteiger partial charge in [-0.05, 0) is 50.6 Å². The van der Waals surface area contributed by atoms with E-state index < -0.39 is 10.0 Å². The maximum Gasteiger partial charge on any atom is 0.214 e. The normalized spacial score (nSPS) is 24.1. The number of sulfonamides is 1. The van der Waals surface area contributed by atoms with Crippen molar-refractivity contribution in [1.82, 2.24) is 9.62 Å². The molecule has 1 aliphatic carbocycles. The predicted octanol–water partition coefficient (Wildman–Crippen LogP) is 1.05. The van der Waals surface area contributed by atoms with Crippen LogP contribution in [0.2, 0.25) is 0 Å². The van der Waals surface area contributed by atoms with Gasteiger partial charge in [0.25, 0.3) is 0 Å². The Morgan fingerprint density at radius 3 is 2.29 bits per heavy atom. The fourth-order valence-electron chi connectivity index (χ4n) is 2.43. The summed E-state index contributed by atoms with van der Waals surface area (Å²) in [5.41, 5.74) is 0. The smallest absolute Gasteiger partial charge is 0.214 e. The van der Waals surface area contributed by atoms with Gasteiger partial charge in [-0.1, -0.05) is 6.92 Å². The largest absolute Gasteiger partial charge is 0.317 e. The van der Waals surface area contributed by atoms with Crippen LogP contribution in [0.1, 0.15) is 32.6 Å². The summed E-state index contributed by atoms with van der Waals surface area (Å²) < 4.78 is 25.9. The van der Waals surface area contributed by atoms with Gasteiger partial charge in [0.15, 0.2) is 0 Å². The molecule has 0 amide bonds. The molecule has 0 spiro atoms. The van der Waals surface area contributed by atoms with E-state index in [1.165, 1.54) is 0 Å². The van der Waals surface area contributed by atoms with Gasteiger partial charge in [-0.25, -0.2) is 12.7 Å². The Bertz CT molecular complexity index is 330. The number of rotatable bonds is 6. The molecule has 2 aliphatic rings. The summed E-state index contributed by atoms with van der Waals surface area (Å²) in [5.74, 6) is 1.51. The lowest BCUT2D eigenvalue weighted by Gasteiger charge is -2.31. The topological polar surface area (TPSA) is 49.4 Å². The van der Waals surface area contributed by atoms with Crippen LogP contribution in [0.25, 0.3) is 0 Å². The van der Waals surface area contributed by atoms with E-state index in [1.54, 1.807) is 4.31 Å². The zero-order valence-electron chi connectivity index (χ0n) is 10.7. The van der Waals surface area contributed by atoms with Crippen LogP contribution in [0.4, 0.5) is 0 Å². The quantitative estimate of drug-likeness (QED) is 0.776. The van der Waals surface area contributed by atoms with Gasteiger partial charge in [0.05, 0.1) is 5.75 Å². The summed E-state index contributed by atoms with van der Waals surface area (Å²) in [6.07, 6.45) is 4.24. The first kappa shape index (κ1) is 13.3. The molecule has 1 saturated carbocycles. The lowest BCUT2D eigenvalue weighted by Crippen LogP contribution is -2.42. The second-order valence-electron chi connectivity index (χ2n) is 5.37. The van der Waals surface area contributed by atoms with E-state index in [2.05, 4.69) is 12.2 Å². The number of piperidine rings is 1. The first-order chi connectivity index (χ1) is 8.12. The van der Waals surface area contributed by atoms with E-state index in [4.69, 9.17) is 0 Å². The first-order valence-corrected chi connectivity index (χ1v) is 8.41. The molecule has 1 N–H and O–H groups in total. The average Bonchev–Trinajstić information content (AvgIpc) is 3.10. The zero-order valence-corrected chi connectivity index (χ0v) is 11.5. The lowest BCUT2D eigenvalue weighted by atomic mass is 9.98. The van der Waals surface area contributed by atoms with Gasteiger partial charge < -0.3 is 5.32 Å². The predicted molar refractivity (Wildman–Crippen MR) is 69.4 cm³/mol. The summed E-state index contributed by atoms with van der Waals surface area (Å²) in [7, 11) is -2.95. The highest BCUT2D eigenvalue weighted by Gasteiger charge is 2.33. The minimum Gasteiger partial charge on any atom is -0.317 e. The van der Waals surface area contributed by atoms with Crippen LogP contribution in [-0.2, 0) is 10.0 Å². The van der Waals surface area contributed by atoms with Crippen molar-refractivity contribution < 1.29 is 8.42 Å². The molecule has 4 nitrogen and oxygen atoms in total. The summed E-state index contributed by atoms with van der Waals surface area (Å²) in [5, 5.41) is 3.35. The van der Waals surface area contributed by atoms with Crippen molar-refractivity contribution in [2.24, 2.45) is 11.8 Å². The van der Waals surface area contributed by atoms with Gasteiger partial charge in [0.2, 0.25) is 10.0 Å². The molecule has 0 radical (unpaired) electrons. The average molecular weight is 260 g/mol. The Morgan fingerprint density at radius 2 is 1.76 bits per heavy atom. The second-order valence-corrected chi connectivity index (χ2v) is 7.39. The molecule has 100 valence electrons. The van der Waals surface area contributed by atoms with E-state index >= 15 is 0 Å². The molecule has 2 rings (SSSR count). The van der Waals surface area contributed by atoms with Gasteiger partial charge in [0, 0.05) is 13.1 Å². The van der Waals surface area contributed by atoms with Crippen molar-refractivity contribution in [3.8, 4) is 0 Å². The molecule has 2 fully saturated rings. The molecule has 0 atom stereocenters. The molecule has 1 saturated heterocycles. The third kappa shape index (κ3) is 3.93. The van der Waals surface area contributed by atoms with Gasteiger partial charge in [-0.15, -0.1) is 0 Å². The van der Waals surface area contributed by atoms with Crippen LogP contribution in [0.3, 0.4) is 0 Å². The van der Waals surface area contributed by atoms with E-state index in [0.717, 1.165) is 51.9 Å². The fraction of sp³-hybridized carbons (Fsp3) is 1.00. The molecular weight excluding hydrogens is 236 g/mol. The van der Waals surface area contributed by atoms with Gasteiger partial charge >= 0.3 is 0 Å². The molecular formula is C12H24N2O2S. The maximum absolute atomic E-state index is 12.1. The van der Waals surface area contributed by atoms with E-state index in [9.17, 15) is 8.42 Å². The monoisotopic (exact) mass is 260 g/mol. The Morgan fingerprint density at radius 1 is 1.12 bits per heavy atom. The number of nitrogens with one attached hydrogen (secondary N) is 1. The zero-order chi connectivity index (χ0) is 12.3. The molecule has 0 bridgehead atoms. The minimum atomic E-state index is -2.95. The van der Waals surface area contributed by atoms with Crippen molar-refractivity contribution in [2.75, 3.05) is 31.9 Å². The van der Waals surface area contributed by atoms with Gasteiger partial charge in [0.1, 0.15) is 0 Å². The van der Waals surface area contributed by atoms with Crippen LogP contribution in [-0.4, -0.2) is 44.7 Å². The van der Waals surface area contributed by atoms with Crippen LogP contribution >= 0.6 is 0 Å². The molecule has 5 heteroatoms. The van der Waals surface area contributed by atoms with E-state index in [-0.39, 0.29) is 0 Å².